The standard InChI is InChI=1S/C18H18N2O2/c1-13-9-15(5-8-18(13)22-2)17-11-20(12-19-17)10-14-3-6-16(21)7-4-14/h3-9,11-12,21H,10H2,1-2H3. The fourth-order valence-corrected chi connectivity index (χ4v) is 2.45. The van der Waals surface area contributed by atoms with Gasteiger partial charge in [0, 0.05) is 18.3 Å². The van der Waals surface area contributed by atoms with Gasteiger partial charge < -0.3 is 14.4 Å². The first kappa shape index (κ1) is 14.2. The van der Waals surface area contributed by atoms with Crippen molar-refractivity contribution in [2.45, 2.75) is 13.5 Å². The highest BCUT2D eigenvalue weighted by atomic mass is 16.5. The molecule has 2 aromatic carbocycles. The summed E-state index contributed by atoms with van der Waals surface area (Å²) in [6.45, 7) is 2.75. The molecule has 1 heterocycles. The van der Waals surface area contributed by atoms with Crippen LogP contribution in [0.2, 0.25) is 0 Å². The summed E-state index contributed by atoms with van der Waals surface area (Å²) in [6, 6.07) is 13.3. The molecular formula is C18H18N2O2. The molecule has 112 valence electrons. The van der Waals surface area contributed by atoms with Crippen molar-refractivity contribution < 1.29 is 9.84 Å². The molecule has 0 aliphatic rings. The quantitative estimate of drug-likeness (QED) is 0.799. The number of rotatable bonds is 4. The van der Waals surface area contributed by atoms with E-state index in [9.17, 15) is 5.11 Å². The molecular weight excluding hydrogens is 276 g/mol. The van der Waals surface area contributed by atoms with Gasteiger partial charge in [0.05, 0.1) is 19.1 Å². The number of hydrogen-bond acceptors (Lipinski definition) is 3. The van der Waals surface area contributed by atoms with Gasteiger partial charge in [-0.05, 0) is 48.4 Å². The molecule has 1 N–H and O–H groups in total. The first-order valence-electron chi connectivity index (χ1n) is 7.10. The fraction of sp³-hybridized carbons (Fsp3) is 0.167. The van der Waals surface area contributed by atoms with E-state index in [2.05, 4.69) is 11.1 Å². The molecule has 0 unspecified atom stereocenters. The minimum Gasteiger partial charge on any atom is -0.508 e. The van der Waals surface area contributed by atoms with Crippen LogP contribution in [0.25, 0.3) is 11.3 Å². The molecule has 1 aromatic heterocycles. The summed E-state index contributed by atoms with van der Waals surface area (Å²) in [4.78, 5) is 4.47. The van der Waals surface area contributed by atoms with Crippen LogP contribution >= 0.6 is 0 Å². The highest BCUT2D eigenvalue weighted by molar-refractivity contribution is 5.61. The Kier molecular flexibility index (Phi) is 3.83. The summed E-state index contributed by atoms with van der Waals surface area (Å²) in [5, 5.41) is 9.31. The van der Waals surface area contributed by atoms with Gasteiger partial charge in [0.15, 0.2) is 0 Å². The van der Waals surface area contributed by atoms with Crippen LogP contribution in [-0.4, -0.2) is 21.8 Å². The average molecular weight is 294 g/mol. The summed E-state index contributed by atoms with van der Waals surface area (Å²) in [6.07, 6.45) is 3.84. The van der Waals surface area contributed by atoms with E-state index in [0.29, 0.717) is 0 Å². The summed E-state index contributed by atoms with van der Waals surface area (Å²) < 4.78 is 7.31. The largest absolute Gasteiger partial charge is 0.508 e. The third-order valence-electron chi connectivity index (χ3n) is 3.63. The van der Waals surface area contributed by atoms with Crippen molar-refractivity contribution >= 4 is 0 Å². The van der Waals surface area contributed by atoms with E-state index in [1.165, 1.54) is 0 Å². The Balaban J connectivity index is 1.81. The van der Waals surface area contributed by atoms with Gasteiger partial charge in [-0.25, -0.2) is 4.98 Å². The van der Waals surface area contributed by atoms with Crippen molar-refractivity contribution in [3.8, 4) is 22.8 Å². The molecule has 0 saturated heterocycles. The monoisotopic (exact) mass is 294 g/mol. The number of phenols is 1. The number of aromatic hydroxyl groups is 1. The predicted molar refractivity (Wildman–Crippen MR) is 86.2 cm³/mol. The van der Waals surface area contributed by atoms with Crippen LogP contribution < -0.4 is 4.74 Å². The summed E-state index contributed by atoms with van der Waals surface area (Å²) in [5.41, 5.74) is 4.22. The van der Waals surface area contributed by atoms with Crippen molar-refractivity contribution in [3.05, 3.63) is 66.1 Å². The molecule has 22 heavy (non-hydrogen) atoms. The maximum atomic E-state index is 9.31. The molecule has 0 atom stereocenters. The highest BCUT2D eigenvalue weighted by Crippen LogP contribution is 2.25. The minimum atomic E-state index is 0.281. The normalized spacial score (nSPS) is 10.6. The smallest absolute Gasteiger partial charge is 0.121 e. The molecule has 0 bridgehead atoms. The molecule has 3 rings (SSSR count). The number of benzene rings is 2. The maximum absolute atomic E-state index is 9.31. The molecule has 0 radical (unpaired) electrons. The zero-order valence-corrected chi connectivity index (χ0v) is 12.7. The summed E-state index contributed by atoms with van der Waals surface area (Å²) >= 11 is 0. The van der Waals surface area contributed by atoms with E-state index in [1.807, 2.05) is 48.3 Å². The Morgan fingerprint density at radius 1 is 1.14 bits per heavy atom. The number of hydrogen-bond donors (Lipinski definition) is 1. The topological polar surface area (TPSA) is 47.3 Å². The number of aromatic nitrogens is 2. The van der Waals surface area contributed by atoms with E-state index in [0.717, 1.165) is 34.7 Å². The number of ether oxygens (including phenoxy) is 1. The van der Waals surface area contributed by atoms with Crippen molar-refractivity contribution in [1.82, 2.24) is 9.55 Å². The lowest BCUT2D eigenvalue weighted by Gasteiger charge is -2.05. The molecule has 0 aliphatic carbocycles. The lowest BCUT2D eigenvalue weighted by molar-refractivity contribution is 0.412. The van der Waals surface area contributed by atoms with Crippen molar-refractivity contribution in [3.63, 3.8) is 0 Å². The number of nitrogens with zero attached hydrogens (tertiary/aromatic N) is 2. The van der Waals surface area contributed by atoms with Gasteiger partial charge in [0.1, 0.15) is 11.5 Å². The van der Waals surface area contributed by atoms with Crippen LogP contribution in [0.4, 0.5) is 0 Å². The van der Waals surface area contributed by atoms with Gasteiger partial charge in [0.25, 0.3) is 0 Å². The number of methoxy groups -OCH3 is 1. The van der Waals surface area contributed by atoms with E-state index in [-0.39, 0.29) is 5.75 Å². The van der Waals surface area contributed by atoms with Gasteiger partial charge in [-0.3, -0.25) is 0 Å². The minimum absolute atomic E-state index is 0.281. The number of imidazole rings is 1. The highest BCUT2D eigenvalue weighted by Gasteiger charge is 2.06. The van der Waals surface area contributed by atoms with Gasteiger partial charge in [-0.1, -0.05) is 12.1 Å². The molecule has 4 nitrogen and oxygen atoms in total. The third kappa shape index (κ3) is 2.96. The Hall–Kier alpha value is -2.75. The molecule has 3 aromatic rings. The van der Waals surface area contributed by atoms with Gasteiger partial charge in [-0.2, -0.15) is 0 Å². The van der Waals surface area contributed by atoms with Gasteiger partial charge in [-0.15, -0.1) is 0 Å². The zero-order chi connectivity index (χ0) is 15.5. The predicted octanol–water partition coefficient (Wildman–Crippen LogP) is 3.62. The second kappa shape index (κ2) is 5.93. The van der Waals surface area contributed by atoms with Crippen molar-refractivity contribution in [2.24, 2.45) is 0 Å². The van der Waals surface area contributed by atoms with Crippen LogP contribution in [0, 0.1) is 6.92 Å². The molecule has 0 aliphatic heterocycles. The van der Waals surface area contributed by atoms with E-state index in [1.54, 1.807) is 19.2 Å². The fourth-order valence-electron chi connectivity index (χ4n) is 2.45. The van der Waals surface area contributed by atoms with E-state index < -0.39 is 0 Å². The third-order valence-corrected chi connectivity index (χ3v) is 3.63. The molecule has 0 fully saturated rings. The summed E-state index contributed by atoms with van der Waals surface area (Å²) in [7, 11) is 1.67. The van der Waals surface area contributed by atoms with Crippen molar-refractivity contribution in [1.29, 1.82) is 0 Å². The Bertz CT molecular complexity index is 776. The number of aryl methyl sites for hydroxylation is 1. The van der Waals surface area contributed by atoms with Crippen molar-refractivity contribution in [2.75, 3.05) is 7.11 Å². The van der Waals surface area contributed by atoms with E-state index in [4.69, 9.17) is 4.74 Å². The Morgan fingerprint density at radius 2 is 1.91 bits per heavy atom. The maximum Gasteiger partial charge on any atom is 0.121 e. The Labute approximate surface area is 129 Å². The average Bonchev–Trinajstić information content (AvgIpc) is 2.98. The van der Waals surface area contributed by atoms with Crippen LogP contribution in [-0.2, 0) is 6.54 Å². The molecule has 4 heteroatoms. The molecule has 0 saturated carbocycles. The zero-order valence-electron chi connectivity index (χ0n) is 12.7. The second-order valence-electron chi connectivity index (χ2n) is 5.28. The lowest BCUT2D eigenvalue weighted by Crippen LogP contribution is -1.95. The first-order chi connectivity index (χ1) is 10.7. The first-order valence-corrected chi connectivity index (χ1v) is 7.10. The van der Waals surface area contributed by atoms with Crippen LogP contribution in [0.5, 0.6) is 11.5 Å². The molecule has 0 amide bonds. The molecule has 0 spiro atoms. The SMILES string of the molecule is COc1ccc(-c2cn(Cc3ccc(O)cc3)cn2)cc1C. The van der Waals surface area contributed by atoms with Crippen LogP contribution in [0.15, 0.2) is 55.0 Å². The summed E-state index contributed by atoms with van der Waals surface area (Å²) in [5.74, 6) is 1.16. The lowest BCUT2D eigenvalue weighted by atomic mass is 10.1. The van der Waals surface area contributed by atoms with Crippen LogP contribution in [0.3, 0.4) is 0 Å². The number of phenolic OH excluding ortho intramolecular Hbond substituents is 1. The van der Waals surface area contributed by atoms with E-state index >= 15 is 0 Å². The second-order valence-corrected chi connectivity index (χ2v) is 5.28. The van der Waals surface area contributed by atoms with Crippen LogP contribution in [0.1, 0.15) is 11.1 Å². The van der Waals surface area contributed by atoms with Gasteiger partial charge in [0.2, 0.25) is 0 Å². The Morgan fingerprint density at radius 3 is 2.59 bits per heavy atom. The van der Waals surface area contributed by atoms with Gasteiger partial charge >= 0.3 is 0 Å².